The minimum Gasteiger partial charge on any atom is -0.339 e. The van der Waals surface area contributed by atoms with Crippen molar-refractivity contribution in [1.29, 1.82) is 0 Å². The Hall–Kier alpha value is -0.570. The Labute approximate surface area is 105 Å². The Kier molecular flexibility index (Phi) is 3.23. The third kappa shape index (κ3) is 2.35. The molecule has 17 heavy (non-hydrogen) atoms. The maximum absolute atomic E-state index is 12.4. The molecule has 1 heterocycles. The lowest BCUT2D eigenvalue weighted by Gasteiger charge is -2.49. The molecule has 3 heteroatoms. The summed E-state index contributed by atoms with van der Waals surface area (Å²) in [6.07, 6.45) is 5.58. The summed E-state index contributed by atoms with van der Waals surface area (Å²) in [7, 11) is 0. The van der Waals surface area contributed by atoms with Crippen molar-refractivity contribution in [2.45, 2.75) is 58.4 Å². The highest BCUT2D eigenvalue weighted by Gasteiger charge is 2.47. The van der Waals surface area contributed by atoms with Crippen LogP contribution >= 0.6 is 0 Å². The zero-order valence-electron chi connectivity index (χ0n) is 11.5. The predicted molar refractivity (Wildman–Crippen MR) is 69.5 cm³/mol. The smallest absolute Gasteiger partial charge is 0.226 e. The van der Waals surface area contributed by atoms with Gasteiger partial charge in [-0.15, -0.1) is 0 Å². The highest BCUT2D eigenvalue weighted by atomic mass is 16.2. The first-order chi connectivity index (χ1) is 7.88. The summed E-state index contributed by atoms with van der Waals surface area (Å²) in [6.45, 7) is 8.14. The molecule has 2 aliphatic rings. The van der Waals surface area contributed by atoms with Crippen LogP contribution in [0.25, 0.3) is 0 Å². The maximum Gasteiger partial charge on any atom is 0.226 e. The van der Waals surface area contributed by atoms with Crippen molar-refractivity contribution in [2.75, 3.05) is 13.1 Å². The minimum absolute atomic E-state index is 0.0901. The number of likely N-dealkylation sites (tertiary alicyclic amines) is 1. The second kappa shape index (κ2) is 4.27. The predicted octanol–water partition coefficient (Wildman–Crippen LogP) is 2.15. The summed E-state index contributed by atoms with van der Waals surface area (Å²) in [5, 5.41) is 0. The standard InChI is InChI=1S/C14H26N2O/c1-4-7-14(15)9-16(10-14)12(17)11-6-5-8-13(11,2)3/h11H,4-10,15H2,1-3H3. The molecule has 1 atom stereocenters. The van der Waals surface area contributed by atoms with E-state index < -0.39 is 0 Å². The zero-order chi connectivity index (χ0) is 12.7. The monoisotopic (exact) mass is 238 g/mol. The lowest BCUT2D eigenvalue weighted by molar-refractivity contribution is -0.146. The van der Waals surface area contributed by atoms with Gasteiger partial charge < -0.3 is 10.6 Å². The number of rotatable bonds is 3. The van der Waals surface area contributed by atoms with E-state index in [9.17, 15) is 4.79 Å². The number of carbonyl (C=O) groups excluding carboxylic acids is 1. The van der Waals surface area contributed by atoms with E-state index in [4.69, 9.17) is 5.73 Å². The Morgan fingerprint density at radius 2 is 2.06 bits per heavy atom. The van der Waals surface area contributed by atoms with E-state index in [1.807, 2.05) is 4.90 Å². The molecule has 1 saturated carbocycles. The molecule has 1 aliphatic carbocycles. The summed E-state index contributed by atoms with van der Waals surface area (Å²) in [6, 6.07) is 0. The molecule has 2 rings (SSSR count). The van der Waals surface area contributed by atoms with Crippen LogP contribution in [-0.2, 0) is 4.79 Å². The van der Waals surface area contributed by atoms with Gasteiger partial charge in [-0.25, -0.2) is 0 Å². The van der Waals surface area contributed by atoms with E-state index in [2.05, 4.69) is 20.8 Å². The Morgan fingerprint density at radius 1 is 1.41 bits per heavy atom. The van der Waals surface area contributed by atoms with Gasteiger partial charge in [-0.1, -0.05) is 33.6 Å². The summed E-state index contributed by atoms with van der Waals surface area (Å²) in [5.41, 5.74) is 6.31. The Morgan fingerprint density at radius 3 is 2.53 bits per heavy atom. The third-order valence-electron chi connectivity index (χ3n) is 4.63. The third-order valence-corrected chi connectivity index (χ3v) is 4.63. The van der Waals surface area contributed by atoms with Gasteiger partial charge in [0.25, 0.3) is 0 Å². The van der Waals surface area contributed by atoms with Crippen molar-refractivity contribution in [3.8, 4) is 0 Å². The fraction of sp³-hybridized carbons (Fsp3) is 0.929. The van der Waals surface area contributed by atoms with Crippen molar-refractivity contribution in [2.24, 2.45) is 17.1 Å². The van der Waals surface area contributed by atoms with Crippen molar-refractivity contribution in [3.05, 3.63) is 0 Å². The minimum atomic E-state index is -0.0901. The highest BCUT2D eigenvalue weighted by molar-refractivity contribution is 5.81. The van der Waals surface area contributed by atoms with E-state index in [0.717, 1.165) is 32.4 Å². The first-order valence-corrected chi connectivity index (χ1v) is 6.96. The van der Waals surface area contributed by atoms with E-state index in [0.29, 0.717) is 5.91 Å². The SMILES string of the molecule is CCCC1(N)CN(C(=O)C2CCCC2(C)C)C1. The van der Waals surface area contributed by atoms with Crippen molar-refractivity contribution < 1.29 is 4.79 Å². The number of carbonyl (C=O) groups is 1. The van der Waals surface area contributed by atoms with E-state index in [-0.39, 0.29) is 16.9 Å². The van der Waals surface area contributed by atoms with Crippen LogP contribution in [-0.4, -0.2) is 29.4 Å². The number of hydrogen-bond donors (Lipinski definition) is 1. The summed E-state index contributed by atoms with van der Waals surface area (Å²) >= 11 is 0. The molecular weight excluding hydrogens is 212 g/mol. The van der Waals surface area contributed by atoms with Gasteiger partial charge in [0.05, 0.1) is 5.54 Å². The molecule has 1 saturated heterocycles. The molecule has 0 aromatic carbocycles. The second-order valence-electron chi connectivity index (χ2n) is 6.74. The molecule has 1 aliphatic heterocycles. The lowest BCUT2D eigenvalue weighted by Crippen LogP contribution is -2.69. The molecule has 98 valence electrons. The molecule has 2 fully saturated rings. The molecule has 1 unspecified atom stereocenters. The van der Waals surface area contributed by atoms with Gasteiger partial charge in [-0.2, -0.15) is 0 Å². The number of nitrogens with zero attached hydrogens (tertiary/aromatic N) is 1. The second-order valence-corrected chi connectivity index (χ2v) is 6.74. The average molecular weight is 238 g/mol. The van der Waals surface area contributed by atoms with Gasteiger partial charge in [-0.05, 0) is 24.7 Å². The van der Waals surface area contributed by atoms with Crippen LogP contribution < -0.4 is 5.73 Å². The number of nitrogens with two attached hydrogens (primary N) is 1. The topological polar surface area (TPSA) is 46.3 Å². The zero-order valence-corrected chi connectivity index (χ0v) is 11.5. The van der Waals surface area contributed by atoms with E-state index in [1.54, 1.807) is 0 Å². The molecule has 0 spiro atoms. The molecule has 0 aromatic rings. The van der Waals surface area contributed by atoms with Gasteiger partial charge in [0.2, 0.25) is 5.91 Å². The van der Waals surface area contributed by atoms with Crippen LogP contribution in [0.1, 0.15) is 52.9 Å². The Balaban J connectivity index is 1.91. The van der Waals surface area contributed by atoms with Crippen molar-refractivity contribution in [1.82, 2.24) is 4.90 Å². The largest absolute Gasteiger partial charge is 0.339 e. The van der Waals surface area contributed by atoms with Crippen LogP contribution in [0.4, 0.5) is 0 Å². The molecule has 0 bridgehead atoms. The van der Waals surface area contributed by atoms with Crippen LogP contribution in [0, 0.1) is 11.3 Å². The van der Waals surface area contributed by atoms with E-state index in [1.165, 1.54) is 12.8 Å². The first-order valence-electron chi connectivity index (χ1n) is 6.96. The first kappa shape index (κ1) is 12.9. The van der Waals surface area contributed by atoms with E-state index >= 15 is 0 Å². The number of hydrogen-bond acceptors (Lipinski definition) is 2. The quantitative estimate of drug-likeness (QED) is 0.819. The van der Waals surface area contributed by atoms with Crippen LogP contribution in [0.5, 0.6) is 0 Å². The summed E-state index contributed by atoms with van der Waals surface area (Å²) < 4.78 is 0. The molecule has 0 radical (unpaired) electrons. The van der Waals surface area contributed by atoms with Gasteiger partial charge in [-0.3, -0.25) is 4.79 Å². The average Bonchev–Trinajstić information content (AvgIpc) is 2.53. The van der Waals surface area contributed by atoms with Crippen LogP contribution in [0.3, 0.4) is 0 Å². The fourth-order valence-electron chi connectivity index (χ4n) is 3.53. The van der Waals surface area contributed by atoms with Gasteiger partial charge in [0.1, 0.15) is 0 Å². The van der Waals surface area contributed by atoms with Crippen LogP contribution in [0.15, 0.2) is 0 Å². The molecule has 3 nitrogen and oxygen atoms in total. The van der Waals surface area contributed by atoms with Gasteiger partial charge >= 0.3 is 0 Å². The lowest BCUT2D eigenvalue weighted by atomic mass is 9.78. The maximum atomic E-state index is 12.4. The highest BCUT2D eigenvalue weighted by Crippen LogP contribution is 2.44. The van der Waals surface area contributed by atoms with Gasteiger partial charge in [0.15, 0.2) is 0 Å². The summed E-state index contributed by atoms with van der Waals surface area (Å²) in [4.78, 5) is 14.4. The van der Waals surface area contributed by atoms with Crippen LogP contribution in [0.2, 0.25) is 0 Å². The molecule has 0 aromatic heterocycles. The fourth-order valence-corrected chi connectivity index (χ4v) is 3.53. The summed E-state index contributed by atoms with van der Waals surface area (Å²) in [5.74, 6) is 0.582. The Bertz CT molecular complexity index is 305. The van der Waals surface area contributed by atoms with Crippen molar-refractivity contribution in [3.63, 3.8) is 0 Å². The van der Waals surface area contributed by atoms with Gasteiger partial charge in [0, 0.05) is 19.0 Å². The normalized spacial score (nSPS) is 30.1. The number of amides is 1. The molecule has 1 amide bonds. The molecular formula is C14H26N2O. The molecule has 2 N–H and O–H groups in total. The van der Waals surface area contributed by atoms with Crippen molar-refractivity contribution >= 4 is 5.91 Å².